The van der Waals surface area contributed by atoms with Gasteiger partial charge in [0.05, 0.1) is 6.20 Å². The number of nitrogens with one attached hydrogen (secondary N) is 2. The number of alkyl carbamates (subject to hydrolysis) is 1. The van der Waals surface area contributed by atoms with E-state index in [1.165, 1.54) is 12.4 Å². The fraction of sp³-hybridized carbons (Fsp3) is 0.500. The number of rotatable bonds is 3. The number of carbonyl (C=O) groups is 2. The minimum atomic E-state index is -1.18. The average molecular weight is 241 g/mol. The molecule has 1 heterocycles. The molecule has 0 aliphatic carbocycles. The summed E-state index contributed by atoms with van der Waals surface area (Å²) in [5.41, 5.74) is -0.327. The molecule has 0 aromatic carbocycles. The van der Waals surface area contributed by atoms with Crippen molar-refractivity contribution in [3.8, 4) is 0 Å². The molecule has 7 heteroatoms. The molecule has 0 radical (unpaired) electrons. The van der Waals surface area contributed by atoms with Gasteiger partial charge in [-0.2, -0.15) is 5.10 Å². The van der Waals surface area contributed by atoms with E-state index >= 15 is 0 Å². The fourth-order valence-corrected chi connectivity index (χ4v) is 1.13. The number of carboxylic acid groups (broad SMARTS) is 1. The summed E-state index contributed by atoms with van der Waals surface area (Å²) in [4.78, 5) is 22.4. The lowest BCUT2D eigenvalue weighted by Crippen LogP contribution is -2.37. The number of aliphatic carboxylic acids is 1. The number of carboxylic acids is 1. The molecule has 0 fully saturated rings. The second-order valence-corrected chi connectivity index (χ2v) is 4.45. The summed E-state index contributed by atoms with van der Waals surface area (Å²) in [5, 5.41) is 17.3. The predicted octanol–water partition coefficient (Wildman–Crippen LogP) is 1.06. The zero-order valence-corrected chi connectivity index (χ0v) is 9.85. The van der Waals surface area contributed by atoms with E-state index in [1.807, 2.05) is 0 Å². The summed E-state index contributed by atoms with van der Waals surface area (Å²) in [6.07, 6.45) is 1.94. The number of nitrogens with zero attached hydrogens (tertiary/aromatic N) is 1. The van der Waals surface area contributed by atoms with Crippen LogP contribution < -0.4 is 5.32 Å². The molecule has 94 valence electrons. The Morgan fingerprint density at radius 3 is 2.59 bits per heavy atom. The summed E-state index contributed by atoms with van der Waals surface area (Å²) >= 11 is 0. The number of aromatic amines is 1. The maximum Gasteiger partial charge on any atom is 0.408 e. The van der Waals surface area contributed by atoms with E-state index in [0.29, 0.717) is 5.56 Å². The highest BCUT2D eigenvalue weighted by molar-refractivity contribution is 5.81. The van der Waals surface area contributed by atoms with E-state index < -0.39 is 23.7 Å². The van der Waals surface area contributed by atoms with Gasteiger partial charge >= 0.3 is 12.1 Å². The second kappa shape index (κ2) is 4.86. The standard InChI is InChI=1S/C10H15N3O4/c1-10(2,3)17-9(16)13-7(8(14)15)6-4-11-12-5-6/h4-5,7H,1-3H3,(H,11,12)(H,13,16)(H,14,15)/t7-/m0/s1. The van der Waals surface area contributed by atoms with Crippen molar-refractivity contribution < 1.29 is 19.4 Å². The lowest BCUT2D eigenvalue weighted by molar-refractivity contribution is -0.139. The first-order valence-corrected chi connectivity index (χ1v) is 5.00. The smallest absolute Gasteiger partial charge is 0.408 e. The molecule has 1 aromatic heterocycles. The number of hydrogen-bond donors (Lipinski definition) is 3. The van der Waals surface area contributed by atoms with Crippen molar-refractivity contribution in [1.82, 2.24) is 15.5 Å². The van der Waals surface area contributed by atoms with Crippen LogP contribution in [0, 0.1) is 0 Å². The Bertz CT molecular complexity index is 394. The Hall–Kier alpha value is -2.05. The molecule has 3 N–H and O–H groups in total. The van der Waals surface area contributed by atoms with Crippen LogP contribution in [0.15, 0.2) is 12.4 Å². The molecule has 1 rings (SSSR count). The minimum Gasteiger partial charge on any atom is -0.479 e. The van der Waals surface area contributed by atoms with Crippen molar-refractivity contribution >= 4 is 12.1 Å². The van der Waals surface area contributed by atoms with E-state index in [2.05, 4.69) is 15.5 Å². The highest BCUT2D eigenvalue weighted by Crippen LogP contribution is 2.13. The van der Waals surface area contributed by atoms with Crippen LogP contribution >= 0.6 is 0 Å². The van der Waals surface area contributed by atoms with E-state index in [-0.39, 0.29) is 0 Å². The molecule has 1 aromatic rings. The Balaban J connectivity index is 2.69. The third-order valence-electron chi connectivity index (χ3n) is 1.76. The summed E-state index contributed by atoms with van der Waals surface area (Å²) in [6.45, 7) is 5.08. The molecular formula is C10H15N3O4. The van der Waals surface area contributed by atoms with Gasteiger partial charge in [-0.05, 0) is 20.8 Å². The van der Waals surface area contributed by atoms with Crippen LogP contribution in [0.5, 0.6) is 0 Å². The van der Waals surface area contributed by atoms with Crippen molar-refractivity contribution in [2.24, 2.45) is 0 Å². The van der Waals surface area contributed by atoms with Crippen LogP contribution in [-0.4, -0.2) is 33.0 Å². The van der Waals surface area contributed by atoms with Crippen molar-refractivity contribution in [2.75, 3.05) is 0 Å². The summed E-state index contributed by atoms with van der Waals surface area (Å²) in [7, 11) is 0. The van der Waals surface area contributed by atoms with Crippen molar-refractivity contribution in [1.29, 1.82) is 0 Å². The van der Waals surface area contributed by atoms with Crippen LogP contribution in [0.1, 0.15) is 32.4 Å². The molecule has 7 nitrogen and oxygen atoms in total. The van der Waals surface area contributed by atoms with E-state index in [4.69, 9.17) is 9.84 Å². The van der Waals surface area contributed by atoms with E-state index in [9.17, 15) is 9.59 Å². The van der Waals surface area contributed by atoms with E-state index in [1.54, 1.807) is 20.8 Å². The summed E-state index contributed by atoms with van der Waals surface area (Å²) in [6, 6.07) is -1.18. The molecule has 0 saturated heterocycles. The van der Waals surface area contributed by atoms with Gasteiger partial charge in [0.1, 0.15) is 5.60 Å². The van der Waals surface area contributed by atoms with Crippen LogP contribution in [0.3, 0.4) is 0 Å². The first-order chi connectivity index (χ1) is 7.79. The number of H-pyrrole nitrogens is 1. The maximum atomic E-state index is 11.4. The van der Waals surface area contributed by atoms with Crippen LogP contribution in [0.25, 0.3) is 0 Å². The SMILES string of the molecule is CC(C)(C)OC(=O)N[C@H](C(=O)O)c1cn[nH]c1. The number of ether oxygens (including phenoxy) is 1. The molecule has 0 saturated carbocycles. The van der Waals surface area contributed by atoms with Gasteiger partial charge < -0.3 is 15.2 Å². The van der Waals surface area contributed by atoms with Crippen LogP contribution in [0.2, 0.25) is 0 Å². The third kappa shape index (κ3) is 4.13. The highest BCUT2D eigenvalue weighted by atomic mass is 16.6. The summed E-state index contributed by atoms with van der Waals surface area (Å²) < 4.78 is 4.97. The quantitative estimate of drug-likeness (QED) is 0.734. The maximum absolute atomic E-state index is 11.4. The third-order valence-corrected chi connectivity index (χ3v) is 1.76. The molecule has 0 aliphatic heterocycles. The number of hydrogen-bond acceptors (Lipinski definition) is 4. The van der Waals surface area contributed by atoms with Crippen LogP contribution in [0.4, 0.5) is 4.79 Å². The second-order valence-electron chi connectivity index (χ2n) is 4.45. The van der Waals surface area contributed by atoms with Crippen molar-refractivity contribution in [2.45, 2.75) is 32.4 Å². The topological polar surface area (TPSA) is 104 Å². The van der Waals surface area contributed by atoms with Crippen molar-refractivity contribution in [3.63, 3.8) is 0 Å². The largest absolute Gasteiger partial charge is 0.479 e. The number of amides is 1. The molecule has 1 amide bonds. The molecule has 0 spiro atoms. The van der Waals surface area contributed by atoms with Gasteiger partial charge in [-0.3, -0.25) is 5.10 Å². The zero-order valence-electron chi connectivity index (χ0n) is 9.85. The summed E-state index contributed by atoms with van der Waals surface area (Å²) in [5.74, 6) is -1.18. The predicted molar refractivity (Wildman–Crippen MR) is 58.3 cm³/mol. The van der Waals surface area contributed by atoms with E-state index in [0.717, 1.165) is 0 Å². The Kier molecular flexibility index (Phi) is 3.72. The normalized spacial score (nSPS) is 12.9. The van der Waals surface area contributed by atoms with Gasteiger partial charge in [0.15, 0.2) is 6.04 Å². The molecule has 0 aliphatic rings. The Labute approximate surface area is 98.2 Å². The Morgan fingerprint density at radius 1 is 1.53 bits per heavy atom. The highest BCUT2D eigenvalue weighted by Gasteiger charge is 2.25. The molecule has 0 bridgehead atoms. The van der Waals surface area contributed by atoms with Gasteiger partial charge in [-0.25, -0.2) is 9.59 Å². The zero-order chi connectivity index (χ0) is 13.1. The van der Waals surface area contributed by atoms with Gasteiger partial charge in [0, 0.05) is 11.8 Å². The first-order valence-electron chi connectivity index (χ1n) is 5.00. The van der Waals surface area contributed by atoms with Crippen molar-refractivity contribution in [3.05, 3.63) is 18.0 Å². The molecule has 1 atom stereocenters. The fourth-order valence-electron chi connectivity index (χ4n) is 1.13. The van der Waals surface area contributed by atoms with Gasteiger partial charge in [-0.15, -0.1) is 0 Å². The molecular weight excluding hydrogens is 226 g/mol. The Morgan fingerprint density at radius 2 is 2.18 bits per heavy atom. The average Bonchev–Trinajstić information content (AvgIpc) is 2.63. The number of carbonyl (C=O) groups excluding carboxylic acids is 1. The van der Waals surface area contributed by atoms with Crippen LogP contribution in [-0.2, 0) is 9.53 Å². The van der Waals surface area contributed by atoms with Gasteiger partial charge in [0.25, 0.3) is 0 Å². The first kappa shape index (κ1) is 13.0. The minimum absolute atomic E-state index is 0.350. The molecule has 0 unspecified atom stereocenters. The lowest BCUT2D eigenvalue weighted by atomic mass is 10.1. The lowest BCUT2D eigenvalue weighted by Gasteiger charge is -2.21. The van der Waals surface area contributed by atoms with Gasteiger partial charge in [-0.1, -0.05) is 0 Å². The monoisotopic (exact) mass is 241 g/mol. The number of aromatic nitrogens is 2. The van der Waals surface area contributed by atoms with Gasteiger partial charge in [0.2, 0.25) is 0 Å². The molecule has 17 heavy (non-hydrogen) atoms.